The number of nitrogens with zero attached hydrogens (tertiary/aromatic N) is 2. The average molecular weight is 224 g/mol. The topological polar surface area (TPSA) is 74.7 Å². The molecule has 0 aliphatic carbocycles. The van der Waals surface area contributed by atoms with E-state index in [0.717, 1.165) is 11.3 Å². The third-order valence-corrected chi connectivity index (χ3v) is 2.29. The predicted octanol–water partition coefficient (Wildman–Crippen LogP) is 2.15. The van der Waals surface area contributed by atoms with Gasteiger partial charge in [0.05, 0.1) is 0 Å². The SMILES string of the molecule is N#Cc1cccc(NCc2cccc(N)c2)n1. The van der Waals surface area contributed by atoms with Crippen molar-refractivity contribution in [3.8, 4) is 6.07 Å². The van der Waals surface area contributed by atoms with E-state index in [1.807, 2.05) is 36.4 Å². The second kappa shape index (κ2) is 4.99. The number of benzene rings is 1. The summed E-state index contributed by atoms with van der Waals surface area (Å²) in [6.07, 6.45) is 0. The second-order valence-corrected chi connectivity index (χ2v) is 3.62. The molecule has 0 aliphatic rings. The number of nitrogens with two attached hydrogens (primary N) is 1. The van der Waals surface area contributed by atoms with Gasteiger partial charge in [0, 0.05) is 12.2 Å². The Bertz CT molecular complexity index is 557. The lowest BCUT2D eigenvalue weighted by Crippen LogP contribution is -2.02. The Labute approximate surface area is 99.7 Å². The largest absolute Gasteiger partial charge is 0.399 e. The van der Waals surface area contributed by atoms with E-state index in [4.69, 9.17) is 11.0 Å². The van der Waals surface area contributed by atoms with E-state index in [0.29, 0.717) is 18.1 Å². The number of anilines is 2. The molecule has 0 amide bonds. The van der Waals surface area contributed by atoms with Gasteiger partial charge in [-0.05, 0) is 29.8 Å². The summed E-state index contributed by atoms with van der Waals surface area (Å²) >= 11 is 0. The second-order valence-electron chi connectivity index (χ2n) is 3.62. The number of hydrogen-bond donors (Lipinski definition) is 2. The van der Waals surface area contributed by atoms with Gasteiger partial charge in [0.2, 0.25) is 0 Å². The van der Waals surface area contributed by atoms with E-state index in [1.54, 1.807) is 12.1 Å². The van der Waals surface area contributed by atoms with Crippen molar-refractivity contribution >= 4 is 11.5 Å². The molecule has 2 aromatic rings. The van der Waals surface area contributed by atoms with E-state index < -0.39 is 0 Å². The fraction of sp³-hybridized carbons (Fsp3) is 0.0769. The van der Waals surface area contributed by atoms with Crippen LogP contribution in [0.3, 0.4) is 0 Å². The zero-order chi connectivity index (χ0) is 12.1. The predicted molar refractivity (Wildman–Crippen MR) is 67.1 cm³/mol. The third-order valence-electron chi connectivity index (χ3n) is 2.29. The van der Waals surface area contributed by atoms with Gasteiger partial charge in [0.25, 0.3) is 0 Å². The van der Waals surface area contributed by atoms with Gasteiger partial charge in [-0.3, -0.25) is 0 Å². The van der Waals surface area contributed by atoms with E-state index in [-0.39, 0.29) is 0 Å². The molecule has 0 bridgehead atoms. The normalized spacial score (nSPS) is 9.59. The molecule has 1 aromatic carbocycles. The highest BCUT2D eigenvalue weighted by molar-refractivity contribution is 5.43. The standard InChI is InChI=1S/C13H12N4/c14-8-12-5-2-6-13(17-12)16-9-10-3-1-4-11(15)7-10/h1-7H,9,15H2,(H,16,17). The zero-order valence-corrected chi connectivity index (χ0v) is 9.22. The zero-order valence-electron chi connectivity index (χ0n) is 9.22. The van der Waals surface area contributed by atoms with Crippen molar-refractivity contribution in [1.29, 1.82) is 5.26 Å². The van der Waals surface area contributed by atoms with Crippen LogP contribution in [0, 0.1) is 11.3 Å². The van der Waals surface area contributed by atoms with E-state index in [1.165, 1.54) is 0 Å². The lowest BCUT2D eigenvalue weighted by atomic mass is 10.2. The highest BCUT2D eigenvalue weighted by Crippen LogP contribution is 2.10. The average Bonchev–Trinajstić information content (AvgIpc) is 2.37. The van der Waals surface area contributed by atoms with Gasteiger partial charge in [0.15, 0.2) is 0 Å². The van der Waals surface area contributed by atoms with E-state index in [2.05, 4.69) is 10.3 Å². The Morgan fingerprint density at radius 2 is 2.06 bits per heavy atom. The molecule has 84 valence electrons. The smallest absolute Gasteiger partial charge is 0.142 e. The minimum absolute atomic E-state index is 0.405. The lowest BCUT2D eigenvalue weighted by molar-refractivity contribution is 1.10. The van der Waals surface area contributed by atoms with Crippen LogP contribution in [0.4, 0.5) is 11.5 Å². The molecule has 3 N–H and O–H groups in total. The summed E-state index contributed by atoms with van der Waals surface area (Å²) in [4.78, 5) is 4.13. The number of aromatic nitrogens is 1. The van der Waals surface area contributed by atoms with Crippen LogP contribution in [0.15, 0.2) is 42.5 Å². The van der Waals surface area contributed by atoms with Crippen LogP contribution in [0.5, 0.6) is 0 Å². The Hall–Kier alpha value is -2.54. The first-order valence-electron chi connectivity index (χ1n) is 5.23. The van der Waals surface area contributed by atoms with Crippen LogP contribution in [0.2, 0.25) is 0 Å². The van der Waals surface area contributed by atoms with Gasteiger partial charge in [0.1, 0.15) is 17.6 Å². The fourth-order valence-electron chi connectivity index (χ4n) is 1.49. The van der Waals surface area contributed by atoms with Crippen LogP contribution in [0.1, 0.15) is 11.3 Å². The molecule has 4 nitrogen and oxygen atoms in total. The third kappa shape index (κ3) is 2.95. The summed E-state index contributed by atoms with van der Waals surface area (Å²) in [6, 6.07) is 14.9. The molecular formula is C13H12N4. The highest BCUT2D eigenvalue weighted by atomic mass is 15.0. The fourth-order valence-corrected chi connectivity index (χ4v) is 1.49. The maximum Gasteiger partial charge on any atom is 0.142 e. The first kappa shape index (κ1) is 11.0. The summed E-state index contributed by atoms with van der Waals surface area (Å²) in [5.74, 6) is 0.687. The minimum Gasteiger partial charge on any atom is -0.399 e. The first-order chi connectivity index (χ1) is 8.28. The monoisotopic (exact) mass is 224 g/mol. The van der Waals surface area contributed by atoms with Crippen LogP contribution in [0.25, 0.3) is 0 Å². The highest BCUT2D eigenvalue weighted by Gasteiger charge is 1.97. The lowest BCUT2D eigenvalue weighted by Gasteiger charge is -2.06. The summed E-state index contributed by atoms with van der Waals surface area (Å²) in [6.45, 7) is 0.632. The molecule has 1 aromatic heterocycles. The molecule has 1 heterocycles. The van der Waals surface area contributed by atoms with Crippen molar-refractivity contribution in [2.45, 2.75) is 6.54 Å². The van der Waals surface area contributed by atoms with Crippen molar-refractivity contribution in [3.63, 3.8) is 0 Å². The Morgan fingerprint density at radius 1 is 1.24 bits per heavy atom. The minimum atomic E-state index is 0.405. The number of nitriles is 1. The quantitative estimate of drug-likeness (QED) is 0.783. The summed E-state index contributed by atoms with van der Waals surface area (Å²) < 4.78 is 0. The molecular weight excluding hydrogens is 212 g/mol. The molecule has 2 rings (SSSR count). The van der Waals surface area contributed by atoms with Crippen molar-refractivity contribution in [1.82, 2.24) is 4.98 Å². The number of nitrogen functional groups attached to an aromatic ring is 1. The Kier molecular flexibility index (Phi) is 3.22. The molecule has 0 aliphatic heterocycles. The van der Waals surface area contributed by atoms with Crippen LogP contribution in [-0.2, 0) is 6.54 Å². The van der Waals surface area contributed by atoms with Crippen LogP contribution in [-0.4, -0.2) is 4.98 Å². The van der Waals surface area contributed by atoms with Gasteiger partial charge >= 0.3 is 0 Å². The van der Waals surface area contributed by atoms with Gasteiger partial charge in [-0.2, -0.15) is 5.26 Å². The van der Waals surface area contributed by atoms with Crippen LogP contribution >= 0.6 is 0 Å². The molecule has 0 radical (unpaired) electrons. The van der Waals surface area contributed by atoms with Crippen molar-refractivity contribution < 1.29 is 0 Å². The van der Waals surface area contributed by atoms with Crippen molar-refractivity contribution in [2.24, 2.45) is 0 Å². The number of rotatable bonds is 3. The van der Waals surface area contributed by atoms with Gasteiger partial charge < -0.3 is 11.1 Å². The van der Waals surface area contributed by atoms with Crippen molar-refractivity contribution in [2.75, 3.05) is 11.1 Å². The molecule has 17 heavy (non-hydrogen) atoms. The molecule has 4 heteroatoms. The number of hydrogen-bond acceptors (Lipinski definition) is 4. The molecule has 0 atom stereocenters. The Morgan fingerprint density at radius 3 is 2.82 bits per heavy atom. The van der Waals surface area contributed by atoms with Gasteiger partial charge in [-0.1, -0.05) is 18.2 Å². The van der Waals surface area contributed by atoms with E-state index >= 15 is 0 Å². The summed E-state index contributed by atoms with van der Waals surface area (Å²) in [5, 5.41) is 11.9. The number of pyridine rings is 1. The van der Waals surface area contributed by atoms with Gasteiger partial charge in [-0.15, -0.1) is 0 Å². The first-order valence-corrected chi connectivity index (χ1v) is 5.23. The molecule has 0 fully saturated rings. The molecule has 0 spiro atoms. The molecule has 0 unspecified atom stereocenters. The summed E-state index contributed by atoms with van der Waals surface area (Å²) in [7, 11) is 0. The van der Waals surface area contributed by atoms with Crippen LogP contribution < -0.4 is 11.1 Å². The van der Waals surface area contributed by atoms with Gasteiger partial charge in [-0.25, -0.2) is 4.98 Å². The molecule has 0 saturated heterocycles. The summed E-state index contributed by atoms with van der Waals surface area (Å²) in [5.41, 5.74) is 7.91. The maximum absolute atomic E-state index is 8.73. The van der Waals surface area contributed by atoms with Crippen molar-refractivity contribution in [3.05, 3.63) is 53.7 Å². The Balaban J connectivity index is 2.05. The van der Waals surface area contributed by atoms with E-state index in [9.17, 15) is 0 Å². The molecule has 0 saturated carbocycles. The maximum atomic E-state index is 8.73. The number of nitrogens with one attached hydrogen (secondary N) is 1.